The number of nitrogens with zero attached hydrogens (tertiary/aromatic N) is 4. The van der Waals surface area contributed by atoms with Gasteiger partial charge in [0.25, 0.3) is 11.8 Å². The van der Waals surface area contributed by atoms with E-state index in [0.717, 1.165) is 36.7 Å². The van der Waals surface area contributed by atoms with E-state index in [-0.39, 0.29) is 50.4 Å². The molecule has 11 nitrogen and oxygen atoms in total. The molecule has 1 aromatic carbocycles. The van der Waals surface area contributed by atoms with Gasteiger partial charge in [-0.25, -0.2) is 13.4 Å². The normalized spacial score (nSPS) is 17.0. The fourth-order valence-corrected chi connectivity index (χ4v) is 7.92. The summed E-state index contributed by atoms with van der Waals surface area (Å²) >= 11 is 13.8. The van der Waals surface area contributed by atoms with E-state index in [1.54, 1.807) is 9.62 Å². The Labute approximate surface area is 271 Å². The highest BCUT2D eigenvalue weighted by Crippen LogP contribution is 2.44. The number of thiazole rings is 1. The third-order valence-electron chi connectivity index (χ3n) is 7.40. The molecule has 246 valence electrons. The van der Waals surface area contributed by atoms with E-state index in [1.807, 2.05) is 6.92 Å². The van der Waals surface area contributed by atoms with Crippen LogP contribution in [0.1, 0.15) is 69.8 Å². The minimum absolute atomic E-state index is 0.0269. The van der Waals surface area contributed by atoms with E-state index in [0.29, 0.717) is 6.54 Å². The Morgan fingerprint density at radius 1 is 1.20 bits per heavy atom. The minimum atomic E-state index is -4.84. The lowest BCUT2D eigenvalue weighted by Gasteiger charge is -2.33. The number of hydrogen-bond donors (Lipinski definition) is 2. The maximum absolute atomic E-state index is 13.8. The van der Waals surface area contributed by atoms with Gasteiger partial charge < -0.3 is 14.4 Å². The monoisotopic (exact) mass is 711 g/mol. The Balaban J connectivity index is 1.80. The van der Waals surface area contributed by atoms with Crippen molar-refractivity contribution in [1.29, 1.82) is 0 Å². The van der Waals surface area contributed by atoms with Gasteiger partial charge in [-0.3, -0.25) is 9.59 Å². The number of amides is 1. The zero-order valence-electron chi connectivity index (χ0n) is 24.5. The molecule has 1 saturated heterocycles. The number of rotatable bonds is 10. The zero-order valence-corrected chi connectivity index (χ0v) is 27.7. The fourth-order valence-electron chi connectivity index (χ4n) is 4.69. The van der Waals surface area contributed by atoms with Crippen LogP contribution in [-0.4, -0.2) is 70.3 Å². The number of sulfonamides is 1. The molecule has 1 aliphatic heterocycles. The van der Waals surface area contributed by atoms with Crippen molar-refractivity contribution in [2.75, 3.05) is 6.54 Å². The van der Waals surface area contributed by atoms with Gasteiger partial charge in [-0.15, -0.1) is 21.5 Å². The SMILES string of the molecule is CC[C@H](NS(=O)(=O)c1ccc(-c2sc(-c3nnc(CC(C)(C)C(=O)O)o3)nc2C(=O)N2CCCC[C@@H]2C)c(Cl)c1Cl)C(F)(F)F. The first kappa shape index (κ1) is 35.1. The Morgan fingerprint density at radius 3 is 2.49 bits per heavy atom. The molecule has 2 N–H and O–H groups in total. The predicted molar refractivity (Wildman–Crippen MR) is 161 cm³/mol. The summed E-state index contributed by atoms with van der Waals surface area (Å²) < 4.78 is 73.1. The topological polar surface area (TPSA) is 156 Å². The molecular formula is C27H30Cl2F3N5O6S2. The van der Waals surface area contributed by atoms with E-state index in [1.165, 1.54) is 26.8 Å². The number of benzene rings is 1. The van der Waals surface area contributed by atoms with Gasteiger partial charge in [0.1, 0.15) is 16.6 Å². The third kappa shape index (κ3) is 7.45. The van der Waals surface area contributed by atoms with Crippen LogP contribution in [0.4, 0.5) is 13.2 Å². The van der Waals surface area contributed by atoms with Crippen LogP contribution in [0, 0.1) is 5.41 Å². The van der Waals surface area contributed by atoms with Crippen LogP contribution in [-0.2, 0) is 21.2 Å². The lowest BCUT2D eigenvalue weighted by atomic mass is 9.90. The Bertz CT molecular complexity index is 1710. The summed E-state index contributed by atoms with van der Waals surface area (Å²) in [4.78, 5) is 31.0. The number of aromatic nitrogens is 3. The van der Waals surface area contributed by atoms with Crippen molar-refractivity contribution in [2.45, 2.75) is 83.0 Å². The Hall–Kier alpha value is -2.79. The fraction of sp³-hybridized carbons (Fsp3) is 0.519. The van der Waals surface area contributed by atoms with E-state index in [2.05, 4.69) is 15.2 Å². The number of carboxylic acid groups (broad SMARTS) is 1. The van der Waals surface area contributed by atoms with E-state index in [9.17, 15) is 36.3 Å². The molecule has 3 aromatic rings. The van der Waals surface area contributed by atoms with Crippen molar-refractivity contribution in [3.8, 4) is 21.3 Å². The van der Waals surface area contributed by atoms with Crippen LogP contribution in [0.25, 0.3) is 21.3 Å². The molecule has 0 unspecified atom stereocenters. The zero-order chi connectivity index (χ0) is 33.5. The van der Waals surface area contributed by atoms with Crippen LogP contribution in [0.5, 0.6) is 0 Å². The summed E-state index contributed by atoms with van der Waals surface area (Å²) in [6, 6.07) is -0.211. The maximum Gasteiger partial charge on any atom is 0.404 e. The van der Waals surface area contributed by atoms with Crippen LogP contribution in [0.15, 0.2) is 21.4 Å². The van der Waals surface area contributed by atoms with Crippen LogP contribution >= 0.6 is 34.5 Å². The van der Waals surface area contributed by atoms with Crippen molar-refractivity contribution in [2.24, 2.45) is 5.41 Å². The molecule has 18 heteroatoms. The molecule has 1 fully saturated rings. The lowest BCUT2D eigenvalue weighted by molar-refractivity contribution is -0.151. The first-order chi connectivity index (χ1) is 20.9. The van der Waals surface area contributed by atoms with Crippen LogP contribution in [0.3, 0.4) is 0 Å². The predicted octanol–water partition coefficient (Wildman–Crippen LogP) is 6.45. The van der Waals surface area contributed by atoms with Gasteiger partial charge in [0.2, 0.25) is 15.9 Å². The number of hydrogen-bond acceptors (Lipinski definition) is 9. The average Bonchev–Trinajstić information content (AvgIpc) is 3.59. The number of halogens is 5. The molecule has 1 aliphatic rings. The van der Waals surface area contributed by atoms with Crippen LogP contribution in [0.2, 0.25) is 10.0 Å². The summed E-state index contributed by atoms with van der Waals surface area (Å²) in [7, 11) is -4.76. The van der Waals surface area contributed by atoms with Gasteiger partial charge in [0.15, 0.2) is 5.01 Å². The molecule has 0 aliphatic carbocycles. The van der Waals surface area contributed by atoms with Crippen LogP contribution < -0.4 is 4.72 Å². The average molecular weight is 713 g/mol. The van der Waals surface area contributed by atoms with E-state index < -0.39 is 55.9 Å². The summed E-state index contributed by atoms with van der Waals surface area (Å²) in [5.41, 5.74) is -1.15. The first-order valence-electron chi connectivity index (χ1n) is 13.8. The van der Waals surface area contributed by atoms with Crippen molar-refractivity contribution < 1.29 is 40.7 Å². The molecule has 0 spiro atoms. The number of carbonyl (C=O) groups excluding carboxylic acids is 1. The van der Waals surface area contributed by atoms with E-state index in [4.69, 9.17) is 27.6 Å². The molecule has 2 aromatic heterocycles. The van der Waals surface area contributed by atoms with E-state index >= 15 is 0 Å². The largest absolute Gasteiger partial charge is 0.481 e. The number of nitrogens with one attached hydrogen (secondary N) is 1. The highest BCUT2D eigenvalue weighted by atomic mass is 35.5. The number of carboxylic acids is 1. The second kappa shape index (κ2) is 13.1. The smallest absolute Gasteiger partial charge is 0.404 e. The van der Waals surface area contributed by atoms with Crippen molar-refractivity contribution in [3.05, 3.63) is 33.8 Å². The number of likely N-dealkylation sites (tertiary alicyclic amines) is 1. The van der Waals surface area contributed by atoms with Crippen molar-refractivity contribution >= 4 is 56.4 Å². The number of piperidine rings is 1. The second-order valence-corrected chi connectivity index (χ2v) is 14.7. The number of aliphatic carboxylic acids is 1. The van der Waals surface area contributed by atoms with Gasteiger partial charge in [-0.2, -0.15) is 17.9 Å². The third-order valence-corrected chi connectivity index (χ3v) is 11.0. The van der Waals surface area contributed by atoms with Crippen molar-refractivity contribution in [1.82, 2.24) is 24.8 Å². The molecular weight excluding hydrogens is 682 g/mol. The minimum Gasteiger partial charge on any atom is -0.481 e. The second-order valence-electron chi connectivity index (χ2n) is 11.3. The molecule has 45 heavy (non-hydrogen) atoms. The quantitative estimate of drug-likeness (QED) is 0.241. The molecule has 0 saturated carbocycles. The highest BCUT2D eigenvalue weighted by Gasteiger charge is 2.42. The van der Waals surface area contributed by atoms with Gasteiger partial charge in [-0.05, 0) is 52.5 Å². The molecule has 3 heterocycles. The molecule has 2 atom stereocenters. The molecule has 1 amide bonds. The molecule has 0 radical (unpaired) electrons. The summed E-state index contributed by atoms with van der Waals surface area (Å²) in [6.07, 6.45) is -2.98. The number of alkyl halides is 3. The summed E-state index contributed by atoms with van der Waals surface area (Å²) in [5, 5.41) is 16.6. The van der Waals surface area contributed by atoms with Crippen molar-refractivity contribution in [3.63, 3.8) is 0 Å². The molecule has 4 rings (SSSR count). The van der Waals surface area contributed by atoms with Gasteiger partial charge in [-0.1, -0.05) is 36.2 Å². The first-order valence-corrected chi connectivity index (χ1v) is 16.9. The van der Waals surface area contributed by atoms with Gasteiger partial charge >= 0.3 is 12.1 Å². The Kier molecular flexibility index (Phi) is 10.2. The number of carbonyl (C=O) groups is 2. The lowest BCUT2D eigenvalue weighted by Crippen LogP contribution is -2.44. The summed E-state index contributed by atoms with van der Waals surface area (Å²) in [5.74, 6) is -1.57. The summed E-state index contributed by atoms with van der Waals surface area (Å²) in [6.45, 7) is 6.54. The highest BCUT2D eigenvalue weighted by molar-refractivity contribution is 7.89. The standard InChI is InChI=1S/C27H30Cl2F3N5O6S2/c1-5-16(27(30,31)32)36-45(41,42)15-10-9-14(18(28)19(15)29)21-20(24(38)37-11-7-6-8-13(37)2)33-23(44-21)22-35-34-17(43-22)12-26(3,4)25(39)40/h9-10,13,16,36H,5-8,11-12H2,1-4H3,(H,39,40)/t13-,16-/m0/s1. The maximum atomic E-state index is 13.8. The Morgan fingerprint density at radius 2 is 1.89 bits per heavy atom. The van der Waals surface area contributed by atoms with Gasteiger partial charge in [0.05, 0.1) is 20.3 Å². The molecule has 0 bridgehead atoms. The van der Waals surface area contributed by atoms with Gasteiger partial charge in [0, 0.05) is 24.6 Å².